The van der Waals surface area contributed by atoms with Crippen molar-refractivity contribution in [3.8, 4) is 0 Å². The van der Waals surface area contributed by atoms with Crippen molar-refractivity contribution < 1.29 is 23.9 Å². The molecular weight excluding hydrogens is 522 g/mol. The van der Waals surface area contributed by atoms with Gasteiger partial charge in [-0.15, -0.1) is 5.10 Å². The smallest absolute Gasteiger partial charge is 0.337 e. The first-order valence-electron chi connectivity index (χ1n) is 13.7. The first kappa shape index (κ1) is 28.0. The van der Waals surface area contributed by atoms with E-state index in [9.17, 15) is 14.4 Å². The van der Waals surface area contributed by atoms with Gasteiger partial charge in [0.2, 0.25) is 11.8 Å². The van der Waals surface area contributed by atoms with Gasteiger partial charge in [0.15, 0.2) is 0 Å². The van der Waals surface area contributed by atoms with Gasteiger partial charge in [-0.25, -0.2) is 9.48 Å². The number of benzene rings is 3. The number of nitrogens with one attached hydrogen (secondary N) is 1. The van der Waals surface area contributed by atoms with E-state index in [-0.39, 0.29) is 31.0 Å². The average molecular weight is 556 g/mol. The maximum Gasteiger partial charge on any atom is 0.337 e. The summed E-state index contributed by atoms with van der Waals surface area (Å²) in [5, 5.41) is 11.4. The van der Waals surface area contributed by atoms with Crippen LogP contribution < -0.4 is 5.32 Å². The van der Waals surface area contributed by atoms with Crippen molar-refractivity contribution >= 4 is 28.8 Å². The first-order valence-corrected chi connectivity index (χ1v) is 13.7. The molecule has 1 N–H and O–H groups in total. The molecule has 4 aromatic rings. The lowest BCUT2D eigenvalue weighted by Crippen LogP contribution is -2.47. The maximum absolute atomic E-state index is 14.0. The Balaban J connectivity index is 1.47. The van der Waals surface area contributed by atoms with Crippen molar-refractivity contribution in [3.05, 3.63) is 95.6 Å². The van der Waals surface area contributed by atoms with Crippen molar-refractivity contribution in [2.75, 3.05) is 26.8 Å². The summed E-state index contributed by atoms with van der Waals surface area (Å²) in [6.45, 7) is 1.22. The van der Waals surface area contributed by atoms with E-state index < -0.39 is 12.0 Å². The monoisotopic (exact) mass is 555 g/mol. The Morgan fingerprint density at radius 3 is 2.54 bits per heavy atom. The lowest BCUT2D eigenvalue weighted by Gasteiger charge is -2.32. The molecule has 0 radical (unpaired) electrons. The fraction of sp³-hybridized carbons (Fsp3) is 0.323. The predicted octanol–water partition coefficient (Wildman–Crippen LogP) is 3.33. The van der Waals surface area contributed by atoms with Crippen LogP contribution in [-0.4, -0.2) is 70.6 Å². The SMILES string of the molecule is COC(=O)c1ccc([C@@H](C(=O)NC[C@@H]2CCCO2)N(CCc2ccccc2)C(=O)Cn2nnc3ccccc32)cc1. The Labute approximate surface area is 238 Å². The maximum atomic E-state index is 14.0. The minimum atomic E-state index is -0.950. The summed E-state index contributed by atoms with van der Waals surface area (Å²) in [4.78, 5) is 41.5. The summed E-state index contributed by atoms with van der Waals surface area (Å²) < 4.78 is 12.1. The Morgan fingerprint density at radius 1 is 1.05 bits per heavy atom. The lowest BCUT2D eigenvalue weighted by atomic mass is 10.0. The third kappa shape index (κ3) is 6.78. The summed E-state index contributed by atoms with van der Waals surface area (Å²) >= 11 is 0. The summed E-state index contributed by atoms with van der Waals surface area (Å²) in [6, 6.07) is 22.9. The fourth-order valence-electron chi connectivity index (χ4n) is 5.05. The van der Waals surface area contributed by atoms with Crippen molar-refractivity contribution in [2.24, 2.45) is 0 Å². The van der Waals surface area contributed by atoms with Crippen LogP contribution in [0.4, 0.5) is 0 Å². The molecular formula is C31H33N5O5. The van der Waals surface area contributed by atoms with Crippen LogP contribution in [0, 0.1) is 0 Å². The molecule has 0 spiro atoms. The Hall–Kier alpha value is -4.57. The molecule has 2 heterocycles. The molecule has 1 aliphatic heterocycles. The van der Waals surface area contributed by atoms with Gasteiger partial charge in [0.05, 0.1) is 24.3 Å². The third-order valence-electron chi connectivity index (χ3n) is 7.25. The standard InChI is InChI=1S/C31H33N5O5/c1-40-31(39)24-15-13-23(14-16-24)29(30(38)32-20-25-10-7-19-41-25)35(18-17-22-8-3-2-4-9-22)28(37)21-36-27-12-6-5-11-26(27)33-34-36/h2-6,8-9,11-16,25,29H,7,10,17-21H2,1H3,(H,32,38)/t25-,29-/m0/s1. The molecule has 1 aliphatic rings. The number of ether oxygens (including phenoxy) is 2. The van der Waals surface area contributed by atoms with E-state index in [1.54, 1.807) is 33.8 Å². The number of nitrogens with zero attached hydrogens (tertiary/aromatic N) is 4. The predicted molar refractivity (Wildman–Crippen MR) is 152 cm³/mol. The second kappa shape index (κ2) is 13.2. The van der Waals surface area contributed by atoms with E-state index in [0.717, 1.165) is 23.9 Å². The zero-order valence-corrected chi connectivity index (χ0v) is 22.9. The zero-order valence-electron chi connectivity index (χ0n) is 22.9. The van der Waals surface area contributed by atoms with Crippen LogP contribution in [0.5, 0.6) is 0 Å². The van der Waals surface area contributed by atoms with Gasteiger partial charge in [-0.3, -0.25) is 9.59 Å². The molecule has 0 unspecified atom stereocenters. The molecule has 2 atom stereocenters. The van der Waals surface area contributed by atoms with Gasteiger partial charge in [-0.1, -0.05) is 59.8 Å². The lowest BCUT2D eigenvalue weighted by molar-refractivity contribution is -0.141. The van der Waals surface area contributed by atoms with Gasteiger partial charge in [0.25, 0.3) is 0 Å². The molecule has 0 saturated carbocycles. The first-order chi connectivity index (χ1) is 20.0. The second-order valence-corrected chi connectivity index (χ2v) is 9.95. The van der Waals surface area contributed by atoms with Gasteiger partial charge in [0, 0.05) is 19.7 Å². The van der Waals surface area contributed by atoms with E-state index in [2.05, 4.69) is 15.6 Å². The molecule has 1 saturated heterocycles. The molecule has 1 aromatic heterocycles. The highest BCUT2D eigenvalue weighted by Gasteiger charge is 2.32. The number of methoxy groups -OCH3 is 1. The number of aromatic nitrogens is 3. The number of rotatable bonds is 11. The Morgan fingerprint density at radius 2 is 1.80 bits per heavy atom. The van der Waals surface area contributed by atoms with E-state index in [4.69, 9.17) is 9.47 Å². The fourth-order valence-corrected chi connectivity index (χ4v) is 5.05. The number of fused-ring (bicyclic) bond motifs is 1. The van der Waals surface area contributed by atoms with Gasteiger partial charge in [-0.2, -0.15) is 0 Å². The van der Waals surface area contributed by atoms with E-state index in [0.29, 0.717) is 36.2 Å². The van der Waals surface area contributed by atoms with Crippen LogP contribution >= 0.6 is 0 Å². The number of carbonyl (C=O) groups excluding carboxylic acids is 3. The quantitative estimate of drug-likeness (QED) is 0.282. The molecule has 212 valence electrons. The molecule has 2 amide bonds. The van der Waals surface area contributed by atoms with Crippen LogP contribution in [0.3, 0.4) is 0 Å². The highest BCUT2D eigenvalue weighted by molar-refractivity contribution is 5.91. The number of hydrogen-bond donors (Lipinski definition) is 1. The molecule has 3 aromatic carbocycles. The largest absolute Gasteiger partial charge is 0.465 e. The van der Waals surface area contributed by atoms with Crippen LogP contribution in [-0.2, 0) is 32.0 Å². The average Bonchev–Trinajstić information content (AvgIpc) is 3.69. The molecule has 0 aliphatic carbocycles. The normalized spacial score (nSPS) is 15.4. The molecule has 5 rings (SSSR count). The second-order valence-electron chi connectivity index (χ2n) is 9.95. The van der Waals surface area contributed by atoms with Crippen molar-refractivity contribution in [3.63, 3.8) is 0 Å². The highest BCUT2D eigenvalue weighted by Crippen LogP contribution is 2.25. The van der Waals surface area contributed by atoms with Gasteiger partial charge in [-0.05, 0) is 54.7 Å². The van der Waals surface area contributed by atoms with Crippen molar-refractivity contribution in [1.29, 1.82) is 0 Å². The van der Waals surface area contributed by atoms with Crippen LogP contribution in [0.15, 0.2) is 78.9 Å². The molecule has 0 bridgehead atoms. The Kier molecular flexibility index (Phi) is 9.00. The van der Waals surface area contributed by atoms with Crippen molar-refractivity contribution in [2.45, 2.75) is 38.0 Å². The molecule has 10 heteroatoms. The van der Waals surface area contributed by atoms with E-state index in [1.807, 2.05) is 54.6 Å². The summed E-state index contributed by atoms with van der Waals surface area (Å²) in [6.07, 6.45) is 2.30. The molecule has 41 heavy (non-hydrogen) atoms. The molecule has 10 nitrogen and oxygen atoms in total. The summed E-state index contributed by atoms with van der Waals surface area (Å²) in [5.41, 5.74) is 3.38. The number of hydrogen-bond acceptors (Lipinski definition) is 7. The number of amides is 2. The minimum Gasteiger partial charge on any atom is -0.465 e. The minimum absolute atomic E-state index is 0.0590. The molecule has 1 fully saturated rings. The third-order valence-corrected chi connectivity index (χ3v) is 7.25. The van der Waals surface area contributed by atoms with Crippen molar-refractivity contribution in [1.82, 2.24) is 25.2 Å². The topological polar surface area (TPSA) is 116 Å². The highest BCUT2D eigenvalue weighted by atomic mass is 16.5. The van der Waals surface area contributed by atoms with E-state index >= 15 is 0 Å². The number of esters is 1. The van der Waals surface area contributed by atoms with Gasteiger partial charge in [0.1, 0.15) is 18.1 Å². The number of para-hydroxylation sites is 1. The van der Waals surface area contributed by atoms with Crippen LogP contribution in [0.25, 0.3) is 11.0 Å². The number of carbonyl (C=O) groups is 3. The zero-order chi connectivity index (χ0) is 28.6. The Bertz CT molecular complexity index is 1480. The van der Waals surface area contributed by atoms with Crippen LogP contribution in [0.2, 0.25) is 0 Å². The van der Waals surface area contributed by atoms with Gasteiger partial charge >= 0.3 is 5.97 Å². The van der Waals surface area contributed by atoms with Gasteiger partial charge < -0.3 is 19.7 Å². The summed E-state index contributed by atoms with van der Waals surface area (Å²) in [5.74, 6) is -1.09. The summed E-state index contributed by atoms with van der Waals surface area (Å²) in [7, 11) is 1.31. The van der Waals surface area contributed by atoms with Crippen LogP contribution in [0.1, 0.15) is 40.4 Å². The van der Waals surface area contributed by atoms with E-state index in [1.165, 1.54) is 7.11 Å².